The summed E-state index contributed by atoms with van der Waals surface area (Å²) >= 11 is 0. The summed E-state index contributed by atoms with van der Waals surface area (Å²) in [7, 11) is -3.30. The van der Waals surface area contributed by atoms with Gasteiger partial charge in [-0.25, -0.2) is 8.42 Å². The van der Waals surface area contributed by atoms with Gasteiger partial charge in [0.15, 0.2) is 0 Å². The van der Waals surface area contributed by atoms with Crippen LogP contribution in [0.25, 0.3) is 0 Å². The lowest BCUT2D eigenvalue weighted by Gasteiger charge is -2.29. The fourth-order valence-corrected chi connectivity index (χ4v) is 4.58. The van der Waals surface area contributed by atoms with Crippen LogP contribution in [-0.4, -0.2) is 27.1 Å². The zero-order valence-electron chi connectivity index (χ0n) is 15.8. The van der Waals surface area contributed by atoms with Gasteiger partial charge in [-0.05, 0) is 48.6 Å². The van der Waals surface area contributed by atoms with Gasteiger partial charge < -0.3 is 5.32 Å². The van der Waals surface area contributed by atoms with E-state index in [0.29, 0.717) is 17.8 Å². The first-order valence-electron chi connectivity index (χ1n) is 9.36. The van der Waals surface area contributed by atoms with Crippen molar-refractivity contribution >= 4 is 21.6 Å². The van der Waals surface area contributed by atoms with Gasteiger partial charge in [0.2, 0.25) is 10.0 Å². The Morgan fingerprint density at radius 2 is 1.93 bits per heavy atom. The summed E-state index contributed by atoms with van der Waals surface area (Å²) in [6.07, 6.45) is 4.58. The molecule has 6 heteroatoms. The number of hydrogen-bond acceptors (Lipinski definition) is 3. The minimum atomic E-state index is -3.30. The predicted octanol–water partition coefficient (Wildman–Crippen LogP) is 3.67. The Balaban J connectivity index is 1.83. The number of nitrogens with one attached hydrogen (secondary N) is 1. The maximum absolute atomic E-state index is 12.8. The van der Waals surface area contributed by atoms with Crippen molar-refractivity contribution in [3.05, 3.63) is 65.2 Å². The van der Waals surface area contributed by atoms with E-state index >= 15 is 0 Å². The number of amides is 1. The molecule has 0 radical (unpaired) electrons. The molecule has 1 aliphatic rings. The van der Waals surface area contributed by atoms with Crippen molar-refractivity contribution < 1.29 is 13.2 Å². The molecule has 0 aliphatic carbocycles. The molecule has 0 unspecified atom stereocenters. The molecule has 1 atom stereocenters. The molecule has 5 nitrogen and oxygen atoms in total. The summed E-state index contributed by atoms with van der Waals surface area (Å²) in [6.45, 7) is 2.59. The van der Waals surface area contributed by atoms with Crippen LogP contribution in [0.4, 0.5) is 5.69 Å². The number of aryl methyl sites for hydroxylation is 1. The first-order chi connectivity index (χ1) is 12.9. The van der Waals surface area contributed by atoms with E-state index in [1.807, 2.05) is 36.4 Å². The van der Waals surface area contributed by atoms with E-state index in [-0.39, 0.29) is 11.9 Å². The number of hydrogen-bond donors (Lipinski definition) is 1. The molecule has 0 fully saturated rings. The van der Waals surface area contributed by atoms with E-state index in [4.69, 9.17) is 0 Å². The lowest BCUT2D eigenvalue weighted by atomic mass is 9.99. The third-order valence-corrected chi connectivity index (χ3v) is 6.08. The molecule has 0 saturated carbocycles. The van der Waals surface area contributed by atoms with Gasteiger partial charge in [-0.1, -0.05) is 43.7 Å². The number of fused-ring (bicyclic) bond motifs is 1. The quantitative estimate of drug-likeness (QED) is 0.824. The lowest BCUT2D eigenvalue weighted by molar-refractivity contribution is 0.0934. The van der Waals surface area contributed by atoms with Crippen LogP contribution in [0.2, 0.25) is 0 Å². The van der Waals surface area contributed by atoms with Crippen LogP contribution < -0.4 is 9.62 Å². The standard InChI is InChI=1S/C21H26N2O3S/c1-3-8-19(16-9-5-4-6-10-16)22-21(24)18-12-13-20-17(15-18)11-7-14-23(20)27(2,25)26/h4-6,9-10,12-13,15,19H,3,7-8,11,14H2,1-2H3,(H,22,24)/t19-/m1/s1. The topological polar surface area (TPSA) is 66.5 Å². The molecule has 1 N–H and O–H groups in total. The molecule has 0 bridgehead atoms. The van der Waals surface area contributed by atoms with Crippen molar-refractivity contribution in [2.75, 3.05) is 17.1 Å². The molecule has 1 amide bonds. The molecule has 2 aromatic carbocycles. The molecular formula is C21H26N2O3S. The Morgan fingerprint density at radius 3 is 2.59 bits per heavy atom. The summed E-state index contributed by atoms with van der Waals surface area (Å²) in [5, 5.41) is 3.13. The maximum Gasteiger partial charge on any atom is 0.251 e. The van der Waals surface area contributed by atoms with Crippen molar-refractivity contribution in [3.63, 3.8) is 0 Å². The predicted molar refractivity (Wildman–Crippen MR) is 109 cm³/mol. The third-order valence-electron chi connectivity index (χ3n) is 4.90. The fraction of sp³-hybridized carbons (Fsp3) is 0.381. The number of carbonyl (C=O) groups excluding carboxylic acids is 1. The zero-order chi connectivity index (χ0) is 19.4. The van der Waals surface area contributed by atoms with Crippen LogP contribution in [0.1, 0.15) is 53.7 Å². The normalized spacial score (nSPS) is 15.1. The fourth-order valence-electron chi connectivity index (χ4n) is 3.59. The zero-order valence-corrected chi connectivity index (χ0v) is 16.6. The van der Waals surface area contributed by atoms with Gasteiger partial charge >= 0.3 is 0 Å². The van der Waals surface area contributed by atoms with Crippen LogP contribution in [0.5, 0.6) is 0 Å². The molecule has 2 aromatic rings. The summed E-state index contributed by atoms with van der Waals surface area (Å²) in [5.41, 5.74) is 3.26. The molecule has 1 aliphatic heterocycles. The minimum Gasteiger partial charge on any atom is -0.345 e. The number of anilines is 1. The van der Waals surface area contributed by atoms with Crippen molar-refractivity contribution in [1.29, 1.82) is 0 Å². The second-order valence-corrected chi connectivity index (χ2v) is 8.91. The minimum absolute atomic E-state index is 0.0350. The molecule has 3 rings (SSSR count). The van der Waals surface area contributed by atoms with E-state index in [9.17, 15) is 13.2 Å². The highest BCUT2D eigenvalue weighted by Crippen LogP contribution is 2.30. The highest BCUT2D eigenvalue weighted by molar-refractivity contribution is 7.92. The largest absolute Gasteiger partial charge is 0.345 e. The van der Waals surface area contributed by atoms with Crippen LogP contribution >= 0.6 is 0 Å². The van der Waals surface area contributed by atoms with Gasteiger partial charge in [-0.3, -0.25) is 9.10 Å². The molecule has 0 saturated heterocycles. The highest BCUT2D eigenvalue weighted by atomic mass is 32.2. The first-order valence-corrected chi connectivity index (χ1v) is 11.2. The average molecular weight is 387 g/mol. The molecular weight excluding hydrogens is 360 g/mol. The lowest BCUT2D eigenvalue weighted by Crippen LogP contribution is -2.35. The average Bonchev–Trinajstić information content (AvgIpc) is 2.66. The van der Waals surface area contributed by atoms with Gasteiger partial charge in [0.25, 0.3) is 5.91 Å². The van der Waals surface area contributed by atoms with Gasteiger partial charge in [-0.15, -0.1) is 0 Å². The SMILES string of the molecule is CCC[C@@H](NC(=O)c1ccc2c(c1)CCCN2S(C)(=O)=O)c1ccccc1. The Hall–Kier alpha value is -2.34. The smallest absolute Gasteiger partial charge is 0.251 e. The molecule has 144 valence electrons. The summed E-state index contributed by atoms with van der Waals surface area (Å²) in [4.78, 5) is 12.8. The van der Waals surface area contributed by atoms with Gasteiger partial charge in [0.05, 0.1) is 18.0 Å². The second kappa shape index (κ2) is 8.13. The second-order valence-electron chi connectivity index (χ2n) is 7.01. The first kappa shape index (κ1) is 19.4. The summed E-state index contributed by atoms with van der Waals surface area (Å²) < 4.78 is 25.4. The van der Waals surface area contributed by atoms with E-state index in [0.717, 1.165) is 36.8 Å². The van der Waals surface area contributed by atoms with Gasteiger partial charge in [0.1, 0.15) is 0 Å². The van der Waals surface area contributed by atoms with Crippen LogP contribution in [-0.2, 0) is 16.4 Å². The molecule has 27 heavy (non-hydrogen) atoms. The van der Waals surface area contributed by atoms with Crippen molar-refractivity contribution in [2.45, 2.75) is 38.6 Å². The summed E-state index contributed by atoms with van der Waals surface area (Å²) in [5.74, 6) is -0.128. The Kier molecular flexibility index (Phi) is 5.85. The van der Waals surface area contributed by atoms with Crippen molar-refractivity contribution in [1.82, 2.24) is 5.32 Å². The van der Waals surface area contributed by atoms with E-state index in [1.54, 1.807) is 12.1 Å². The monoisotopic (exact) mass is 386 g/mol. The number of nitrogens with zero attached hydrogens (tertiary/aromatic N) is 1. The van der Waals surface area contributed by atoms with Gasteiger partial charge in [-0.2, -0.15) is 0 Å². The van der Waals surface area contributed by atoms with E-state index < -0.39 is 10.0 Å². The molecule has 0 aromatic heterocycles. The van der Waals surface area contributed by atoms with Crippen molar-refractivity contribution in [2.24, 2.45) is 0 Å². The third kappa shape index (κ3) is 4.50. The van der Waals surface area contributed by atoms with E-state index in [2.05, 4.69) is 12.2 Å². The Bertz CT molecular complexity index is 910. The Morgan fingerprint density at radius 1 is 1.19 bits per heavy atom. The van der Waals surface area contributed by atoms with Crippen LogP contribution in [0.3, 0.4) is 0 Å². The number of rotatable bonds is 6. The van der Waals surface area contributed by atoms with E-state index in [1.165, 1.54) is 10.6 Å². The highest BCUT2D eigenvalue weighted by Gasteiger charge is 2.25. The van der Waals surface area contributed by atoms with Crippen LogP contribution in [0, 0.1) is 0 Å². The van der Waals surface area contributed by atoms with Crippen molar-refractivity contribution in [3.8, 4) is 0 Å². The summed E-state index contributed by atoms with van der Waals surface area (Å²) in [6, 6.07) is 15.2. The molecule has 1 heterocycles. The Labute approximate surface area is 161 Å². The number of sulfonamides is 1. The molecule has 0 spiro atoms. The van der Waals surface area contributed by atoms with Gasteiger partial charge in [0, 0.05) is 12.1 Å². The number of carbonyl (C=O) groups is 1. The number of benzene rings is 2. The maximum atomic E-state index is 12.8. The van der Waals surface area contributed by atoms with Crippen LogP contribution in [0.15, 0.2) is 48.5 Å².